The van der Waals surface area contributed by atoms with Gasteiger partial charge in [0, 0.05) is 20.6 Å². The molecule has 1 aliphatic rings. The van der Waals surface area contributed by atoms with Crippen LogP contribution in [0.5, 0.6) is 0 Å². The summed E-state index contributed by atoms with van der Waals surface area (Å²) in [5.74, 6) is -0.592. The molecule has 19 heavy (non-hydrogen) atoms. The number of methoxy groups -OCH3 is 2. The Bertz CT molecular complexity index is 271. The molecule has 1 saturated heterocycles. The van der Waals surface area contributed by atoms with Gasteiger partial charge in [-0.2, -0.15) is 0 Å². The van der Waals surface area contributed by atoms with Gasteiger partial charge in [0.1, 0.15) is 0 Å². The summed E-state index contributed by atoms with van der Waals surface area (Å²) in [5.41, 5.74) is 0. The zero-order valence-electron chi connectivity index (χ0n) is 12.4. The second-order valence-corrected chi connectivity index (χ2v) is 5.41. The predicted molar refractivity (Wildman–Crippen MR) is 73.1 cm³/mol. The van der Waals surface area contributed by atoms with Crippen molar-refractivity contribution in [2.45, 2.75) is 44.8 Å². The van der Waals surface area contributed by atoms with Gasteiger partial charge in [-0.3, -0.25) is 9.69 Å². The highest BCUT2D eigenvalue weighted by Crippen LogP contribution is 2.27. The summed E-state index contributed by atoms with van der Waals surface area (Å²) in [6.07, 6.45) is 4.36. The maximum Gasteiger partial charge on any atom is 0.303 e. The molecule has 0 bridgehead atoms. The quantitative estimate of drug-likeness (QED) is 0.617. The van der Waals surface area contributed by atoms with Crippen molar-refractivity contribution in [3.63, 3.8) is 0 Å². The topological polar surface area (TPSA) is 59.0 Å². The maximum atomic E-state index is 10.6. The van der Waals surface area contributed by atoms with E-state index in [1.807, 2.05) is 0 Å². The molecule has 1 N–H and O–H groups in total. The number of hydrogen-bond acceptors (Lipinski definition) is 4. The second-order valence-electron chi connectivity index (χ2n) is 5.41. The number of carboxylic acid groups (broad SMARTS) is 1. The molecule has 1 unspecified atom stereocenters. The van der Waals surface area contributed by atoms with Crippen LogP contribution in [0.3, 0.4) is 0 Å². The molecule has 0 spiro atoms. The van der Waals surface area contributed by atoms with Crippen LogP contribution in [-0.4, -0.2) is 55.6 Å². The van der Waals surface area contributed by atoms with Crippen LogP contribution in [0.1, 0.15) is 39.0 Å². The first-order chi connectivity index (χ1) is 9.05. The van der Waals surface area contributed by atoms with Crippen molar-refractivity contribution < 1.29 is 19.4 Å². The van der Waals surface area contributed by atoms with E-state index in [1.165, 1.54) is 0 Å². The number of carbonyl (C=O) groups is 1. The van der Waals surface area contributed by atoms with Crippen molar-refractivity contribution in [2.24, 2.45) is 5.92 Å². The van der Waals surface area contributed by atoms with Crippen molar-refractivity contribution in [1.82, 2.24) is 4.90 Å². The van der Waals surface area contributed by atoms with E-state index in [9.17, 15) is 4.79 Å². The Morgan fingerprint density at radius 2 is 1.89 bits per heavy atom. The largest absolute Gasteiger partial charge is 0.481 e. The maximum absolute atomic E-state index is 10.6. The molecule has 0 amide bonds. The molecule has 0 aromatic rings. The molecule has 0 aliphatic carbocycles. The highest BCUT2D eigenvalue weighted by atomic mass is 16.7. The molecule has 1 atom stereocenters. The van der Waals surface area contributed by atoms with Crippen LogP contribution in [0.4, 0.5) is 0 Å². The van der Waals surface area contributed by atoms with E-state index < -0.39 is 11.8 Å². The summed E-state index contributed by atoms with van der Waals surface area (Å²) in [5, 5.41) is 8.75. The molecular formula is C14H27NO4. The standard InChI is InChI=1S/C14H27NO4/c1-4-5-12(6-7-13(16)17)8-9-15-10-14(11-15,18-2)19-3/h12H,4-11H2,1-3H3,(H,16,17). The molecule has 0 radical (unpaired) electrons. The minimum Gasteiger partial charge on any atom is -0.481 e. The van der Waals surface area contributed by atoms with Crippen molar-refractivity contribution in [3.05, 3.63) is 0 Å². The molecule has 5 heteroatoms. The van der Waals surface area contributed by atoms with Gasteiger partial charge in [0.05, 0.1) is 13.1 Å². The van der Waals surface area contributed by atoms with Crippen molar-refractivity contribution in [1.29, 1.82) is 0 Å². The third-order valence-electron chi connectivity index (χ3n) is 3.99. The van der Waals surface area contributed by atoms with Gasteiger partial charge in [0.2, 0.25) is 0 Å². The average Bonchev–Trinajstić information content (AvgIpc) is 2.34. The number of likely N-dealkylation sites (tertiary alicyclic amines) is 1. The highest BCUT2D eigenvalue weighted by molar-refractivity contribution is 5.66. The van der Waals surface area contributed by atoms with Crippen LogP contribution in [0, 0.1) is 5.92 Å². The molecule has 1 heterocycles. The van der Waals surface area contributed by atoms with Crippen molar-refractivity contribution >= 4 is 5.97 Å². The van der Waals surface area contributed by atoms with Gasteiger partial charge in [0.15, 0.2) is 5.79 Å². The first kappa shape index (κ1) is 16.4. The van der Waals surface area contributed by atoms with E-state index in [2.05, 4.69) is 11.8 Å². The van der Waals surface area contributed by atoms with Crippen molar-refractivity contribution in [3.8, 4) is 0 Å². The van der Waals surface area contributed by atoms with E-state index in [1.54, 1.807) is 14.2 Å². The Morgan fingerprint density at radius 1 is 1.26 bits per heavy atom. The number of hydrogen-bond donors (Lipinski definition) is 1. The third kappa shape index (κ3) is 5.09. The molecule has 112 valence electrons. The van der Waals surface area contributed by atoms with Crippen LogP contribution < -0.4 is 0 Å². The summed E-state index contributed by atoms with van der Waals surface area (Å²) < 4.78 is 10.7. The Labute approximate surface area is 115 Å². The minimum atomic E-state index is -0.692. The predicted octanol–water partition coefficient (Wildman–Crippen LogP) is 1.96. The Kier molecular flexibility index (Phi) is 6.75. The van der Waals surface area contributed by atoms with Crippen LogP contribution in [0.2, 0.25) is 0 Å². The van der Waals surface area contributed by atoms with Gasteiger partial charge in [-0.25, -0.2) is 0 Å². The molecule has 1 rings (SSSR count). The molecule has 1 fully saturated rings. The monoisotopic (exact) mass is 273 g/mol. The fourth-order valence-electron chi connectivity index (χ4n) is 2.67. The normalized spacial score (nSPS) is 19.9. The van der Waals surface area contributed by atoms with Gasteiger partial charge in [-0.1, -0.05) is 19.8 Å². The minimum absolute atomic E-state index is 0.282. The molecule has 0 aromatic heterocycles. The number of aliphatic carboxylic acids is 1. The average molecular weight is 273 g/mol. The number of ether oxygens (including phenoxy) is 2. The van der Waals surface area contributed by atoms with Gasteiger partial charge in [-0.05, 0) is 25.3 Å². The van der Waals surface area contributed by atoms with Crippen LogP contribution in [-0.2, 0) is 14.3 Å². The smallest absolute Gasteiger partial charge is 0.303 e. The summed E-state index contributed by atoms with van der Waals surface area (Å²) in [7, 11) is 3.35. The first-order valence-corrected chi connectivity index (χ1v) is 7.09. The Balaban J connectivity index is 2.24. The summed E-state index contributed by atoms with van der Waals surface area (Å²) in [4.78, 5) is 12.9. The lowest BCUT2D eigenvalue weighted by atomic mass is 9.93. The number of nitrogens with zero attached hydrogens (tertiary/aromatic N) is 1. The lowest BCUT2D eigenvalue weighted by molar-refractivity contribution is -0.275. The van der Waals surface area contributed by atoms with Crippen LogP contribution in [0.15, 0.2) is 0 Å². The number of rotatable bonds is 10. The van der Waals surface area contributed by atoms with Gasteiger partial charge >= 0.3 is 5.97 Å². The molecule has 1 aliphatic heterocycles. The summed E-state index contributed by atoms with van der Waals surface area (Å²) in [6, 6.07) is 0. The van der Waals surface area contributed by atoms with E-state index in [0.717, 1.165) is 45.3 Å². The Morgan fingerprint density at radius 3 is 2.37 bits per heavy atom. The Hall–Kier alpha value is -0.650. The van der Waals surface area contributed by atoms with Crippen molar-refractivity contribution in [2.75, 3.05) is 33.9 Å². The molecule has 5 nitrogen and oxygen atoms in total. The molecular weight excluding hydrogens is 246 g/mol. The van der Waals surface area contributed by atoms with E-state index in [4.69, 9.17) is 14.6 Å². The molecule has 0 aromatic carbocycles. The summed E-state index contributed by atoms with van der Waals surface area (Å²) in [6.45, 7) is 4.76. The third-order valence-corrected chi connectivity index (χ3v) is 3.99. The zero-order chi connectivity index (χ0) is 14.3. The van der Waals surface area contributed by atoms with E-state index >= 15 is 0 Å². The fraction of sp³-hybridized carbons (Fsp3) is 0.929. The highest BCUT2D eigenvalue weighted by Gasteiger charge is 2.43. The van der Waals surface area contributed by atoms with Gasteiger partial charge < -0.3 is 14.6 Å². The SMILES string of the molecule is CCCC(CCC(=O)O)CCN1CC(OC)(OC)C1. The first-order valence-electron chi connectivity index (χ1n) is 7.09. The van der Waals surface area contributed by atoms with Crippen LogP contribution >= 0.6 is 0 Å². The summed E-state index contributed by atoms with van der Waals surface area (Å²) >= 11 is 0. The second kappa shape index (κ2) is 7.82. The van der Waals surface area contributed by atoms with E-state index in [-0.39, 0.29) is 6.42 Å². The van der Waals surface area contributed by atoms with Gasteiger partial charge in [-0.15, -0.1) is 0 Å². The number of carboxylic acids is 1. The van der Waals surface area contributed by atoms with E-state index in [0.29, 0.717) is 5.92 Å². The lowest BCUT2D eigenvalue weighted by Gasteiger charge is -2.47. The van der Waals surface area contributed by atoms with Gasteiger partial charge in [0.25, 0.3) is 0 Å². The fourth-order valence-corrected chi connectivity index (χ4v) is 2.67. The molecule has 0 saturated carbocycles. The zero-order valence-corrected chi connectivity index (χ0v) is 12.4. The van der Waals surface area contributed by atoms with Crippen LogP contribution in [0.25, 0.3) is 0 Å². The lowest BCUT2D eigenvalue weighted by Crippen LogP contribution is -2.63.